The lowest BCUT2D eigenvalue weighted by Crippen LogP contribution is -2.18. The minimum atomic E-state index is -0.235. The predicted octanol–water partition coefficient (Wildman–Crippen LogP) is 2.90. The Labute approximate surface area is 140 Å². The van der Waals surface area contributed by atoms with Crippen LogP contribution in [0.1, 0.15) is 23.0 Å². The molecule has 0 saturated carbocycles. The first-order valence-corrected chi connectivity index (χ1v) is 7.45. The summed E-state index contributed by atoms with van der Waals surface area (Å²) in [6.45, 7) is 0. The quantitative estimate of drug-likeness (QED) is 0.782. The molecule has 0 unspecified atom stereocenters. The van der Waals surface area contributed by atoms with Gasteiger partial charge in [-0.05, 0) is 18.2 Å². The third-order valence-electron chi connectivity index (χ3n) is 3.75. The van der Waals surface area contributed by atoms with E-state index >= 15 is 0 Å². The fourth-order valence-electron chi connectivity index (χ4n) is 2.53. The molecule has 3 aromatic rings. The van der Waals surface area contributed by atoms with E-state index in [-0.39, 0.29) is 6.04 Å². The first-order chi connectivity index (χ1) is 11.7. The average Bonchev–Trinajstić information content (AvgIpc) is 3.06. The standard InChI is InChI=1S/C18H17N5O/c1-23-10-9-20-18(23)17(14-5-3-4-6-15(14)24-2)22-16-8-7-13(11-19)12-21-16/h3-10,12,17H,1-2H3,(H,21,22)/t17-/m0/s1. The van der Waals surface area contributed by atoms with Crippen LogP contribution in [-0.4, -0.2) is 21.6 Å². The number of pyridine rings is 1. The number of imidazole rings is 1. The van der Waals surface area contributed by atoms with Crippen molar-refractivity contribution in [1.29, 1.82) is 5.26 Å². The number of methoxy groups -OCH3 is 1. The Kier molecular flexibility index (Phi) is 4.43. The average molecular weight is 319 g/mol. The molecular weight excluding hydrogens is 302 g/mol. The lowest BCUT2D eigenvalue weighted by atomic mass is 10.0. The molecule has 2 aromatic heterocycles. The van der Waals surface area contributed by atoms with Crippen LogP contribution in [0.4, 0.5) is 5.82 Å². The molecule has 120 valence electrons. The maximum Gasteiger partial charge on any atom is 0.135 e. The maximum absolute atomic E-state index is 8.90. The van der Waals surface area contributed by atoms with Crippen LogP contribution in [0, 0.1) is 11.3 Å². The molecule has 0 aliphatic heterocycles. The van der Waals surface area contributed by atoms with Crippen molar-refractivity contribution in [2.75, 3.05) is 12.4 Å². The van der Waals surface area contributed by atoms with Gasteiger partial charge in [-0.15, -0.1) is 0 Å². The van der Waals surface area contributed by atoms with Gasteiger partial charge in [0, 0.05) is 31.2 Å². The summed E-state index contributed by atoms with van der Waals surface area (Å²) in [6.07, 6.45) is 5.19. The van der Waals surface area contributed by atoms with E-state index < -0.39 is 0 Å². The zero-order valence-electron chi connectivity index (χ0n) is 13.5. The molecule has 6 nitrogen and oxygen atoms in total. The minimum Gasteiger partial charge on any atom is -0.496 e. The van der Waals surface area contributed by atoms with Gasteiger partial charge in [-0.25, -0.2) is 9.97 Å². The van der Waals surface area contributed by atoms with E-state index in [1.54, 1.807) is 31.6 Å². The Bertz CT molecular complexity index is 864. The van der Waals surface area contributed by atoms with Gasteiger partial charge in [0.05, 0.1) is 12.7 Å². The lowest BCUT2D eigenvalue weighted by Gasteiger charge is -2.21. The van der Waals surface area contributed by atoms with Crippen molar-refractivity contribution in [3.05, 3.63) is 71.9 Å². The number of ether oxygens (including phenoxy) is 1. The fraction of sp³-hybridized carbons (Fsp3) is 0.167. The zero-order chi connectivity index (χ0) is 16.9. The molecule has 3 rings (SSSR count). The zero-order valence-corrected chi connectivity index (χ0v) is 13.5. The van der Waals surface area contributed by atoms with Crippen molar-refractivity contribution >= 4 is 5.82 Å². The van der Waals surface area contributed by atoms with E-state index in [0.717, 1.165) is 17.1 Å². The van der Waals surface area contributed by atoms with Crippen LogP contribution < -0.4 is 10.1 Å². The molecule has 0 spiro atoms. The van der Waals surface area contributed by atoms with Crippen molar-refractivity contribution in [2.45, 2.75) is 6.04 Å². The second-order valence-electron chi connectivity index (χ2n) is 5.26. The van der Waals surface area contributed by atoms with Crippen LogP contribution in [0.15, 0.2) is 55.0 Å². The second-order valence-corrected chi connectivity index (χ2v) is 5.26. The minimum absolute atomic E-state index is 0.235. The van der Waals surface area contributed by atoms with Gasteiger partial charge in [-0.2, -0.15) is 5.26 Å². The number of para-hydroxylation sites is 1. The number of rotatable bonds is 5. The molecule has 24 heavy (non-hydrogen) atoms. The Balaban J connectivity index is 2.02. The number of hydrogen-bond donors (Lipinski definition) is 1. The largest absolute Gasteiger partial charge is 0.496 e. The van der Waals surface area contributed by atoms with Crippen LogP contribution in [0.2, 0.25) is 0 Å². The Morgan fingerprint density at radius 1 is 1.21 bits per heavy atom. The summed E-state index contributed by atoms with van der Waals surface area (Å²) in [4.78, 5) is 8.76. The van der Waals surface area contributed by atoms with Crippen molar-refractivity contribution in [3.8, 4) is 11.8 Å². The molecule has 0 aliphatic rings. The molecule has 0 amide bonds. The van der Waals surface area contributed by atoms with Gasteiger partial charge in [0.1, 0.15) is 29.5 Å². The number of nitrogens with one attached hydrogen (secondary N) is 1. The molecule has 0 fully saturated rings. The first-order valence-electron chi connectivity index (χ1n) is 7.45. The number of nitriles is 1. The summed E-state index contributed by atoms with van der Waals surface area (Å²) in [5.74, 6) is 2.27. The Morgan fingerprint density at radius 2 is 2.04 bits per heavy atom. The maximum atomic E-state index is 8.90. The van der Waals surface area contributed by atoms with Gasteiger partial charge in [-0.3, -0.25) is 0 Å². The normalized spacial score (nSPS) is 11.5. The van der Waals surface area contributed by atoms with Gasteiger partial charge < -0.3 is 14.6 Å². The highest BCUT2D eigenvalue weighted by Crippen LogP contribution is 2.31. The van der Waals surface area contributed by atoms with E-state index in [1.165, 1.54) is 0 Å². The second kappa shape index (κ2) is 6.84. The van der Waals surface area contributed by atoms with E-state index in [1.807, 2.05) is 42.1 Å². The van der Waals surface area contributed by atoms with Crippen molar-refractivity contribution < 1.29 is 4.74 Å². The Morgan fingerprint density at radius 3 is 2.67 bits per heavy atom. The molecule has 0 radical (unpaired) electrons. The highest BCUT2D eigenvalue weighted by atomic mass is 16.5. The summed E-state index contributed by atoms with van der Waals surface area (Å²) in [6, 6.07) is 13.1. The third kappa shape index (κ3) is 3.06. The summed E-state index contributed by atoms with van der Waals surface area (Å²) in [5, 5.41) is 12.3. The number of anilines is 1. The summed E-state index contributed by atoms with van der Waals surface area (Å²) < 4.78 is 7.45. The molecule has 1 aromatic carbocycles. The molecule has 0 bridgehead atoms. The SMILES string of the molecule is COc1ccccc1[C@H](Nc1ccc(C#N)cn1)c1nccn1C. The molecule has 1 atom stereocenters. The molecule has 1 N–H and O–H groups in total. The molecule has 0 aliphatic carbocycles. The van der Waals surface area contributed by atoms with Gasteiger partial charge in [0.15, 0.2) is 0 Å². The van der Waals surface area contributed by atoms with Gasteiger partial charge in [-0.1, -0.05) is 18.2 Å². The van der Waals surface area contributed by atoms with Gasteiger partial charge >= 0.3 is 0 Å². The number of hydrogen-bond acceptors (Lipinski definition) is 5. The van der Waals surface area contributed by atoms with Crippen LogP contribution in [0.25, 0.3) is 0 Å². The number of benzene rings is 1. The third-order valence-corrected chi connectivity index (χ3v) is 3.75. The monoisotopic (exact) mass is 319 g/mol. The first kappa shape index (κ1) is 15.6. The van der Waals surface area contributed by atoms with Gasteiger partial charge in [0.2, 0.25) is 0 Å². The number of aryl methyl sites for hydroxylation is 1. The van der Waals surface area contributed by atoms with Crippen molar-refractivity contribution in [2.24, 2.45) is 7.05 Å². The van der Waals surface area contributed by atoms with Crippen LogP contribution in [0.3, 0.4) is 0 Å². The highest BCUT2D eigenvalue weighted by Gasteiger charge is 2.22. The molecule has 6 heteroatoms. The fourth-order valence-corrected chi connectivity index (χ4v) is 2.53. The van der Waals surface area contributed by atoms with E-state index in [0.29, 0.717) is 11.4 Å². The summed E-state index contributed by atoms with van der Waals surface area (Å²) in [5.41, 5.74) is 1.48. The molecule has 0 saturated heterocycles. The Hall–Kier alpha value is -3.33. The van der Waals surface area contributed by atoms with Crippen LogP contribution in [-0.2, 0) is 7.05 Å². The highest BCUT2D eigenvalue weighted by molar-refractivity contribution is 5.47. The van der Waals surface area contributed by atoms with E-state index in [2.05, 4.69) is 21.4 Å². The molecular formula is C18H17N5O. The topological polar surface area (TPSA) is 75.8 Å². The van der Waals surface area contributed by atoms with Crippen LogP contribution in [0.5, 0.6) is 5.75 Å². The predicted molar refractivity (Wildman–Crippen MR) is 90.6 cm³/mol. The smallest absolute Gasteiger partial charge is 0.135 e. The van der Waals surface area contributed by atoms with E-state index in [4.69, 9.17) is 10.00 Å². The summed E-state index contributed by atoms with van der Waals surface area (Å²) >= 11 is 0. The number of nitrogens with zero attached hydrogens (tertiary/aromatic N) is 4. The van der Waals surface area contributed by atoms with Crippen molar-refractivity contribution in [3.63, 3.8) is 0 Å². The van der Waals surface area contributed by atoms with Crippen molar-refractivity contribution in [1.82, 2.24) is 14.5 Å². The lowest BCUT2D eigenvalue weighted by molar-refractivity contribution is 0.408. The summed E-state index contributed by atoms with van der Waals surface area (Å²) in [7, 11) is 3.59. The van der Waals surface area contributed by atoms with Crippen LogP contribution >= 0.6 is 0 Å². The van der Waals surface area contributed by atoms with Gasteiger partial charge in [0.25, 0.3) is 0 Å². The number of aromatic nitrogens is 3. The molecule has 2 heterocycles. The van der Waals surface area contributed by atoms with E-state index in [9.17, 15) is 0 Å².